The molecule has 0 bridgehead atoms. The van der Waals surface area contributed by atoms with Gasteiger partial charge in [0.1, 0.15) is 17.4 Å². The molecule has 0 aliphatic carbocycles. The summed E-state index contributed by atoms with van der Waals surface area (Å²) in [7, 11) is 0. The van der Waals surface area contributed by atoms with Gasteiger partial charge >= 0.3 is 0 Å². The predicted molar refractivity (Wildman–Crippen MR) is 79.5 cm³/mol. The van der Waals surface area contributed by atoms with Crippen LogP contribution < -0.4 is 4.74 Å². The fourth-order valence-electron chi connectivity index (χ4n) is 2.00. The second-order valence-electron chi connectivity index (χ2n) is 4.46. The van der Waals surface area contributed by atoms with Crippen molar-refractivity contribution in [1.82, 2.24) is 0 Å². The van der Waals surface area contributed by atoms with E-state index < -0.39 is 16.5 Å². The molecular weight excluding hydrogens is 326 g/mol. The lowest BCUT2D eigenvalue weighted by atomic mass is 10.0. The summed E-state index contributed by atoms with van der Waals surface area (Å²) in [5, 5.41) is 0. The Labute approximate surface area is 125 Å². The standard InChI is InChI=1S/C16H15BrF2O/c1-3-20-15-7-5-4-6-11(15)16(17)12-9-13(18)10(2)8-14(12)19/h4-9,16H,3H2,1-2H3. The molecule has 2 rings (SSSR count). The molecule has 0 N–H and O–H groups in total. The van der Waals surface area contributed by atoms with Crippen molar-refractivity contribution in [2.75, 3.05) is 6.61 Å². The minimum Gasteiger partial charge on any atom is -0.494 e. The average molecular weight is 341 g/mol. The molecule has 1 atom stereocenters. The van der Waals surface area contributed by atoms with E-state index in [4.69, 9.17) is 4.74 Å². The minimum absolute atomic E-state index is 0.264. The van der Waals surface area contributed by atoms with Crippen molar-refractivity contribution in [1.29, 1.82) is 0 Å². The molecule has 2 aromatic carbocycles. The summed E-state index contributed by atoms with van der Waals surface area (Å²) in [6, 6.07) is 9.78. The normalized spacial score (nSPS) is 12.2. The van der Waals surface area contributed by atoms with E-state index in [0.29, 0.717) is 17.9 Å². The smallest absolute Gasteiger partial charge is 0.128 e. The zero-order valence-corrected chi connectivity index (χ0v) is 12.9. The Kier molecular flexibility index (Phi) is 4.76. The summed E-state index contributed by atoms with van der Waals surface area (Å²) in [6.45, 7) is 3.94. The quantitative estimate of drug-likeness (QED) is 0.699. The summed E-state index contributed by atoms with van der Waals surface area (Å²) >= 11 is 3.44. The van der Waals surface area contributed by atoms with E-state index in [2.05, 4.69) is 15.9 Å². The van der Waals surface area contributed by atoms with E-state index in [1.165, 1.54) is 12.1 Å². The van der Waals surface area contributed by atoms with Gasteiger partial charge in [0.25, 0.3) is 0 Å². The van der Waals surface area contributed by atoms with Gasteiger partial charge in [0, 0.05) is 11.1 Å². The largest absolute Gasteiger partial charge is 0.494 e. The number of rotatable bonds is 4. The second-order valence-corrected chi connectivity index (χ2v) is 5.37. The maximum Gasteiger partial charge on any atom is 0.128 e. The molecule has 0 fully saturated rings. The van der Waals surface area contributed by atoms with E-state index in [1.807, 2.05) is 31.2 Å². The van der Waals surface area contributed by atoms with Gasteiger partial charge in [0.2, 0.25) is 0 Å². The number of ether oxygens (including phenoxy) is 1. The third-order valence-corrected chi connectivity index (χ3v) is 4.03. The van der Waals surface area contributed by atoms with Crippen molar-refractivity contribution in [2.45, 2.75) is 18.7 Å². The molecule has 0 amide bonds. The fraction of sp³-hybridized carbons (Fsp3) is 0.250. The number of aryl methyl sites for hydroxylation is 1. The van der Waals surface area contributed by atoms with Crippen molar-refractivity contribution in [2.24, 2.45) is 0 Å². The lowest BCUT2D eigenvalue weighted by Gasteiger charge is -2.16. The Morgan fingerprint density at radius 1 is 1.10 bits per heavy atom. The molecule has 20 heavy (non-hydrogen) atoms. The summed E-state index contributed by atoms with van der Waals surface area (Å²) in [6.07, 6.45) is 0. The SMILES string of the molecule is CCOc1ccccc1C(Br)c1cc(F)c(C)cc1F. The fourth-order valence-corrected chi connectivity index (χ4v) is 2.73. The first kappa shape index (κ1) is 15.0. The van der Waals surface area contributed by atoms with Crippen LogP contribution in [0.2, 0.25) is 0 Å². The van der Waals surface area contributed by atoms with E-state index in [1.54, 1.807) is 6.92 Å². The molecule has 1 unspecified atom stereocenters. The highest BCUT2D eigenvalue weighted by atomic mass is 79.9. The number of alkyl halides is 1. The highest BCUT2D eigenvalue weighted by molar-refractivity contribution is 9.09. The third-order valence-electron chi connectivity index (χ3n) is 3.04. The molecule has 0 saturated heterocycles. The average Bonchev–Trinajstić information content (AvgIpc) is 2.43. The van der Waals surface area contributed by atoms with Gasteiger partial charge < -0.3 is 4.74 Å². The molecule has 4 heteroatoms. The van der Waals surface area contributed by atoms with Crippen LogP contribution in [0.4, 0.5) is 8.78 Å². The number of halogens is 3. The second kappa shape index (κ2) is 6.35. The molecule has 0 saturated carbocycles. The van der Waals surface area contributed by atoms with Gasteiger partial charge in [-0.2, -0.15) is 0 Å². The van der Waals surface area contributed by atoms with Gasteiger partial charge in [-0.15, -0.1) is 0 Å². The minimum atomic E-state index is -0.458. The maximum atomic E-state index is 14.0. The molecule has 1 nitrogen and oxygen atoms in total. The summed E-state index contributed by atoms with van der Waals surface area (Å²) in [5.74, 6) is -0.186. The first-order valence-electron chi connectivity index (χ1n) is 6.36. The molecule has 106 valence electrons. The Morgan fingerprint density at radius 3 is 2.50 bits per heavy atom. The van der Waals surface area contributed by atoms with Crippen LogP contribution in [0.25, 0.3) is 0 Å². The monoisotopic (exact) mass is 340 g/mol. The van der Waals surface area contributed by atoms with Crippen molar-refractivity contribution in [3.05, 3.63) is 64.7 Å². The van der Waals surface area contributed by atoms with E-state index in [-0.39, 0.29) is 5.56 Å². The van der Waals surface area contributed by atoms with Crippen molar-refractivity contribution in [3.8, 4) is 5.75 Å². The topological polar surface area (TPSA) is 9.23 Å². The lowest BCUT2D eigenvalue weighted by Crippen LogP contribution is -2.03. The molecule has 0 aromatic heterocycles. The van der Waals surface area contributed by atoms with Crippen LogP contribution in [0.3, 0.4) is 0 Å². The first-order valence-corrected chi connectivity index (χ1v) is 7.27. The molecule has 0 aliphatic rings. The van der Waals surface area contributed by atoms with Gasteiger partial charge in [-0.25, -0.2) is 8.78 Å². The third kappa shape index (κ3) is 3.01. The van der Waals surface area contributed by atoms with Crippen LogP contribution in [-0.2, 0) is 0 Å². The Morgan fingerprint density at radius 2 is 1.80 bits per heavy atom. The molecule has 0 heterocycles. The van der Waals surface area contributed by atoms with Gasteiger partial charge in [0.15, 0.2) is 0 Å². The first-order chi connectivity index (χ1) is 9.54. The van der Waals surface area contributed by atoms with E-state index in [0.717, 1.165) is 5.56 Å². The highest BCUT2D eigenvalue weighted by Crippen LogP contribution is 2.38. The van der Waals surface area contributed by atoms with E-state index in [9.17, 15) is 8.78 Å². The highest BCUT2D eigenvalue weighted by Gasteiger charge is 2.20. The van der Waals surface area contributed by atoms with Crippen molar-refractivity contribution < 1.29 is 13.5 Å². The van der Waals surface area contributed by atoms with Crippen molar-refractivity contribution in [3.63, 3.8) is 0 Å². The molecule has 0 radical (unpaired) electrons. The summed E-state index contributed by atoms with van der Waals surface area (Å²) < 4.78 is 33.2. The Hall–Kier alpha value is -1.42. The predicted octanol–water partition coefficient (Wildman–Crippen LogP) is 5.16. The Bertz CT molecular complexity index is 613. The lowest BCUT2D eigenvalue weighted by molar-refractivity contribution is 0.337. The summed E-state index contributed by atoms with van der Waals surface area (Å²) in [4.78, 5) is -0.458. The van der Waals surface area contributed by atoms with Gasteiger partial charge in [-0.1, -0.05) is 34.1 Å². The maximum absolute atomic E-state index is 14.0. The van der Waals surface area contributed by atoms with E-state index >= 15 is 0 Å². The molecule has 0 spiro atoms. The zero-order valence-electron chi connectivity index (χ0n) is 11.3. The summed E-state index contributed by atoms with van der Waals surface area (Å²) in [5.41, 5.74) is 1.33. The Balaban J connectivity index is 2.46. The number of para-hydroxylation sites is 1. The van der Waals surface area contributed by atoms with Crippen molar-refractivity contribution >= 4 is 15.9 Å². The van der Waals surface area contributed by atoms with Crippen LogP contribution in [0.1, 0.15) is 28.4 Å². The van der Waals surface area contributed by atoms with Crippen LogP contribution in [-0.4, -0.2) is 6.61 Å². The van der Waals surface area contributed by atoms with Gasteiger partial charge in [-0.05, 0) is 37.6 Å². The number of benzene rings is 2. The molecular formula is C16H15BrF2O. The van der Waals surface area contributed by atoms with Gasteiger partial charge in [-0.3, -0.25) is 0 Å². The molecule has 2 aromatic rings. The zero-order chi connectivity index (χ0) is 14.7. The van der Waals surface area contributed by atoms with Gasteiger partial charge in [0.05, 0.1) is 11.4 Å². The van der Waals surface area contributed by atoms with Crippen LogP contribution >= 0.6 is 15.9 Å². The van der Waals surface area contributed by atoms with Crippen LogP contribution in [0.5, 0.6) is 5.75 Å². The number of hydrogen-bond acceptors (Lipinski definition) is 1. The van der Waals surface area contributed by atoms with Crippen LogP contribution in [0.15, 0.2) is 36.4 Å². The number of hydrogen-bond donors (Lipinski definition) is 0. The van der Waals surface area contributed by atoms with Crippen LogP contribution in [0, 0.1) is 18.6 Å². The molecule has 0 aliphatic heterocycles.